The lowest BCUT2D eigenvalue weighted by molar-refractivity contribution is -0.138. The van der Waals surface area contributed by atoms with Crippen molar-refractivity contribution in [1.29, 1.82) is 0 Å². The second-order valence-electron chi connectivity index (χ2n) is 7.61. The van der Waals surface area contributed by atoms with Gasteiger partial charge in [-0.25, -0.2) is 11.0 Å². The van der Waals surface area contributed by atoms with Gasteiger partial charge < -0.3 is 9.68 Å². The molecule has 0 fully saturated rings. The van der Waals surface area contributed by atoms with Gasteiger partial charge in [0.05, 0.1) is 22.5 Å². The van der Waals surface area contributed by atoms with Gasteiger partial charge >= 0.3 is 12.4 Å². The Labute approximate surface area is 202 Å². The van der Waals surface area contributed by atoms with Gasteiger partial charge in [-0.1, -0.05) is 36.4 Å². The maximum atomic E-state index is 12.8. The van der Waals surface area contributed by atoms with Gasteiger partial charge in [0, 0.05) is 0 Å². The highest BCUT2D eigenvalue weighted by Crippen LogP contribution is 2.32. The number of nitrogens with one attached hydrogen (secondary N) is 2. The number of rotatable bonds is 7. The van der Waals surface area contributed by atoms with Crippen LogP contribution in [0.15, 0.2) is 97.1 Å². The Morgan fingerprint density at radius 1 is 0.472 bits per heavy atom. The smallest absolute Gasteiger partial charge is 0.382 e. The maximum Gasteiger partial charge on any atom is 0.416 e. The fourth-order valence-electron chi connectivity index (χ4n) is 3.18. The molecule has 0 atom stereocenters. The Kier molecular flexibility index (Phi) is 6.96. The van der Waals surface area contributed by atoms with Crippen molar-refractivity contribution < 1.29 is 36.0 Å². The topological polar surface area (TPSA) is 42.5 Å². The van der Waals surface area contributed by atoms with Gasteiger partial charge in [-0.2, -0.15) is 26.3 Å². The Bertz CT molecular complexity index is 1200. The van der Waals surface area contributed by atoms with Crippen LogP contribution in [0.25, 0.3) is 11.1 Å². The highest BCUT2D eigenvalue weighted by atomic mass is 19.4. The molecule has 4 aromatic carbocycles. The van der Waals surface area contributed by atoms with Crippen molar-refractivity contribution in [2.45, 2.75) is 12.4 Å². The average Bonchev–Trinajstić information content (AvgIpc) is 2.86. The van der Waals surface area contributed by atoms with Crippen LogP contribution >= 0.6 is 0 Å². The quantitative estimate of drug-likeness (QED) is 0.197. The van der Waals surface area contributed by atoms with Gasteiger partial charge in [0.2, 0.25) is 0 Å². The minimum absolute atomic E-state index is 0.156. The summed E-state index contributed by atoms with van der Waals surface area (Å²) in [5.41, 5.74) is 5.39. The van der Waals surface area contributed by atoms with E-state index in [1.54, 1.807) is 48.5 Å². The molecule has 0 aliphatic heterocycles. The number of alkyl halides is 6. The first-order valence-electron chi connectivity index (χ1n) is 10.5. The Morgan fingerprint density at radius 2 is 0.833 bits per heavy atom. The molecule has 0 heterocycles. The van der Waals surface area contributed by atoms with Crippen LogP contribution in [-0.4, -0.2) is 0 Å². The number of benzene rings is 4. The molecule has 0 aliphatic carbocycles. The van der Waals surface area contributed by atoms with E-state index in [-0.39, 0.29) is 11.4 Å². The third-order valence-electron chi connectivity index (χ3n) is 5.00. The lowest BCUT2D eigenvalue weighted by Gasteiger charge is -2.12. The molecule has 0 radical (unpaired) electrons. The van der Waals surface area contributed by atoms with Crippen molar-refractivity contribution >= 4 is 11.4 Å². The molecule has 0 bridgehead atoms. The van der Waals surface area contributed by atoms with E-state index in [4.69, 9.17) is 9.68 Å². The summed E-state index contributed by atoms with van der Waals surface area (Å²) in [4.78, 5) is 10.7. The van der Waals surface area contributed by atoms with E-state index in [1.165, 1.54) is 24.3 Å². The molecular formula is C26H18F6N2O2. The first-order valence-corrected chi connectivity index (χ1v) is 10.5. The number of hydrogen-bond donors (Lipinski definition) is 2. The van der Waals surface area contributed by atoms with E-state index in [2.05, 4.69) is 11.0 Å². The molecule has 0 amide bonds. The summed E-state index contributed by atoms with van der Waals surface area (Å²) in [5, 5.41) is 0. The van der Waals surface area contributed by atoms with Gasteiger partial charge in [-0.15, -0.1) is 0 Å². The summed E-state index contributed by atoms with van der Waals surface area (Å²) in [6.07, 6.45) is -8.90. The molecule has 4 aromatic rings. The second kappa shape index (κ2) is 10.1. The maximum absolute atomic E-state index is 12.8. The fraction of sp³-hybridized carbons (Fsp3) is 0.0769. The van der Waals surface area contributed by atoms with Crippen LogP contribution in [0.2, 0.25) is 0 Å². The minimum Gasteiger partial charge on any atom is -0.382 e. The van der Waals surface area contributed by atoms with E-state index in [0.29, 0.717) is 11.5 Å². The fourth-order valence-corrected chi connectivity index (χ4v) is 3.18. The Morgan fingerprint density at radius 3 is 1.17 bits per heavy atom. The summed E-state index contributed by atoms with van der Waals surface area (Å²) < 4.78 is 76.9. The summed E-state index contributed by atoms with van der Waals surface area (Å²) in [7, 11) is 0. The van der Waals surface area contributed by atoms with Crippen molar-refractivity contribution in [3.05, 3.63) is 108 Å². The standard InChI is InChI=1S/C26H18F6N2O2/c27-25(28,29)19-3-1-5-21(15-19)33-35-23-11-7-17(8-12-23)18-9-13-24(14-10-18)36-34-22-6-2-4-20(16-22)26(30,31)32/h1-16,33-34H. The van der Waals surface area contributed by atoms with Crippen molar-refractivity contribution in [3.63, 3.8) is 0 Å². The van der Waals surface area contributed by atoms with Crippen LogP contribution in [0.5, 0.6) is 11.5 Å². The molecule has 0 aromatic heterocycles. The number of halogens is 6. The number of hydrogen-bond acceptors (Lipinski definition) is 4. The van der Waals surface area contributed by atoms with Crippen LogP contribution in [0.4, 0.5) is 37.7 Å². The van der Waals surface area contributed by atoms with Crippen LogP contribution in [0.3, 0.4) is 0 Å². The van der Waals surface area contributed by atoms with E-state index in [1.807, 2.05) is 0 Å². The van der Waals surface area contributed by atoms with Crippen LogP contribution in [0, 0.1) is 0 Å². The van der Waals surface area contributed by atoms with Crippen LogP contribution in [0.1, 0.15) is 11.1 Å². The third kappa shape index (κ3) is 6.41. The van der Waals surface area contributed by atoms with Crippen LogP contribution < -0.4 is 20.6 Å². The molecular weight excluding hydrogens is 486 g/mol. The highest BCUT2D eigenvalue weighted by molar-refractivity contribution is 5.65. The zero-order valence-electron chi connectivity index (χ0n) is 18.3. The van der Waals surface area contributed by atoms with Crippen molar-refractivity contribution in [1.82, 2.24) is 0 Å². The van der Waals surface area contributed by atoms with Gasteiger partial charge in [0.1, 0.15) is 0 Å². The zero-order chi connectivity index (χ0) is 25.8. The Hall–Kier alpha value is -4.34. The molecule has 2 N–H and O–H groups in total. The van der Waals surface area contributed by atoms with Gasteiger partial charge in [-0.3, -0.25) is 0 Å². The molecule has 186 valence electrons. The first-order chi connectivity index (χ1) is 17.1. The predicted molar refractivity (Wildman–Crippen MR) is 123 cm³/mol. The van der Waals surface area contributed by atoms with E-state index in [9.17, 15) is 26.3 Å². The first kappa shape index (κ1) is 24.8. The van der Waals surface area contributed by atoms with E-state index in [0.717, 1.165) is 35.4 Å². The normalized spacial score (nSPS) is 11.6. The third-order valence-corrected chi connectivity index (χ3v) is 5.00. The largest absolute Gasteiger partial charge is 0.416 e. The second-order valence-corrected chi connectivity index (χ2v) is 7.61. The molecule has 0 saturated heterocycles. The van der Waals surface area contributed by atoms with Crippen molar-refractivity contribution in [2.75, 3.05) is 11.0 Å². The SMILES string of the molecule is FC(F)(F)c1cccc(NOc2ccc(-c3ccc(ONc4cccc(C(F)(F)F)c4)cc3)cc2)c1. The molecule has 0 unspecified atom stereocenters. The molecule has 36 heavy (non-hydrogen) atoms. The molecule has 0 aliphatic rings. The zero-order valence-corrected chi connectivity index (χ0v) is 18.3. The number of anilines is 2. The van der Waals surface area contributed by atoms with E-state index < -0.39 is 23.5 Å². The summed E-state index contributed by atoms with van der Waals surface area (Å²) in [6.45, 7) is 0. The Balaban J connectivity index is 1.34. The highest BCUT2D eigenvalue weighted by Gasteiger charge is 2.31. The molecule has 4 rings (SSSR count). The van der Waals surface area contributed by atoms with E-state index >= 15 is 0 Å². The summed E-state index contributed by atoms with van der Waals surface area (Å²) in [5.74, 6) is 0.780. The lowest BCUT2D eigenvalue weighted by atomic mass is 10.1. The predicted octanol–water partition coefficient (Wildman–Crippen LogP) is 8.20. The summed E-state index contributed by atoms with van der Waals surface area (Å²) >= 11 is 0. The van der Waals surface area contributed by atoms with Crippen molar-refractivity contribution in [2.24, 2.45) is 0 Å². The molecule has 0 saturated carbocycles. The monoisotopic (exact) mass is 504 g/mol. The molecule has 10 heteroatoms. The van der Waals surface area contributed by atoms with Crippen LogP contribution in [-0.2, 0) is 12.4 Å². The molecule has 0 spiro atoms. The summed E-state index contributed by atoms with van der Waals surface area (Å²) in [6, 6.07) is 22.9. The minimum atomic E-state index is -4.45. The van der Waals surface area contributed by atoms with Gasteiger partial charge in [0.25, 0.3) is 0 Å². The van der Waals surface area contributed by atoms with Gasteiger partial charge in [0.15, 0.2) is 11.5 Å². The van der Waals surface area contributed by atoms with Crippen molar-refractivity contribution in [3.8, 4) is 22.6 Å². The lowest BCUT2D eigenvalue weighted by Crippen LogP contribution is -2.08. The average molecular weight is 504 g/mol. The van der Waals surface area contributed by atoms with Gasteiger partial charge in [-0.05, 0) is 71.8 Å². The molecule has 4 nitrogen and oxygen atoms in total.